The van der Waals surface area contributed by atoms with E-state index in [0.29, 0.717) is 12.3 Å². The molecule has 4 heterocycles. The summed E-state index contributed by atoms with van der Waals surface area (Å²) in [5.74, 6) is -3.41. The maximum absolute atomic E-state index is 14.2. The number of fused-ring (bicyclic) bond motifs is 4. The third-order valence-corrected chi connectivity index (χ3v) is 6.95. The Labute approximate surface area is 205 Å². The van der Waals surface area contributed by atoms with Crippen LogP contribution >= 0.6 is 0 Å². The molecule has 1 amide bonds. The van der Waals surface area contributed by atoms with Gasteiger partial charge in [-0.1, -0.05) is 18.2 Å². The average molecular weight is 495 g/mol. The van der Waals surface area contributed by atoms with Gasteiger partial charge in [-0.05, 0) is 25.8 Å². The van der Waals surface area contributed by atoms with Crippen molar-refractivity contribution in [3.05, 3.63) is 69.0 Å². The summed E-state index contributed by atoms with van der Waals surface area (Å²) in [6.07, 6.45) is 1.47. The molecule has 1 aromatic carbocycles. The standard InChI is InChI=1S/C25H25N3O8/c1-13-10-17-19(22(31)27(13)11-14-6-5-9-35-14)25(20(21(26)36-17)23(32)34-2)15-7-3-4-8-16(15)28(24(25)33)12-18(29)30/h3-4,7-8,10,14H,5-6,9,11-12,26H2,1-2H3,(H,29,30)/t14-,25+/m1/s1. The van der Waals surface area contributed by atoms with Gasteiger partial charge < -0.3 is 29.6 Å². The normalized spacial score (nSPS) is 22.4. The molecule has 11 heteroatoms. The number of hydrogen-bond acceptors (Lipinski definition) is 8. The van der Waals surface area contributed by atoms with Crippen LogP contribution in [0, 0.1) is 6.92 Å². The van der Waals surface area contributed by atoms with Gasteiger partial charge in [0.25, 0.3) is 5.56 Å². The molecule has 0 radical (unpaired) electrons. The van der Waals surface area contributed by atoms with Crippen molar-refractivity contribution in [2.24, 2.45) is 5.73 Å². The molecule has 1 spiro atoms. The molecule has 36 heavy (non-hydrogen) atoms. The first-order valence-corrected chi connectivity index (χ1v) is 11.5. The molecule has 0 bridgehead atoms. The number of carbonyl (C=O) groups is 3. The Kier molecular flexibility index (Phi) is 5.59. The number of pyridine rings is 1. The highest BCUT2D eigenvalue weighted by Gasteiger charge is 2.62. The monoisotopic (exact) mass is 495 g/mol. The Hall–Kier alpha value is -4.12. The highest BCUT2D eigenvalue weighted by molar-refractivity contribution is 6.19. The van der Waals surface area contributed by atoms with Gasteiger partial charge >= 0.3 is 11.9 Å². The van der Waals surface area contributed by atoms with Crippen LogP contribution in [0.1, 0.15) is 29.7 Å². The Balaban J connectivity index is 1.86. The lowest BCUT2D eigenvalue weighted by Crippen LogP contribution is -2.52. The molecular weight excluding hydrogens is 470 g/mol. The summed E-state index contributed by atoms with van der Waals surface area (Å²) in [5.41, 5.74) is 4.15. The molecule has 3 N–H and O–H groups in total. The first-order valence-electron chi connectivity index (χ1n) is 11.5. The number of carbonyl (C=O) groups excluding carboxylic acids is 2. The van der Waals surface area contributed by atoms with Crippen LogP contribution in [0.5, 0.6) is 5.75 Å². The number of para-hydroxylation sites is 1. The number of carboxylic acid groups (broad SMARTS) is 1. The fourth-order valence-corrected chi connectivity index (χ4v) is 5.45. The fourth-order valence-electron chi connectivity index (χ4n) is 5.45. The van der Waals surface area contributed by atoms with E-state index >= 15 is 0 Å². The van der Waals surface area contributed by atoms with E-state index in [1.54, 1.807) is 37.3 Å². The number of nitrogens with zero attached hydrogens (tertiary/aromatic N) is 2. The zero-order chi connectivity index (χ0) is 25.8. The van der Waals surface area contributed by atoms with Gasteiger partial charge in [0.2, 0.25) is 11.8 Å². The Morgan fingerprint density at radius 2 is 2.03 bits per heavy atom. The van der Waals surface area contributed by atoms with Gasteiger partial charge in [0.05, 0.1) is 25.3 Å². The van der Waals surface area contributed by atoms with Crippen molar-refractivity contribution in [3.63, 3.8) is 0 Å². The van der Waals surface area contributed by atoms with Crippen molar-refractivity contribution in [1.29, 1.82) is 0 Å². The lowest BCUT2D eigenvalue weighted by atomic mass is 9.68. The second kappa shape index (κ2) is 8.52. The van der Waals surface area contributed by atoms with Crippen LogP contribution in [0.4, 0.5) is 5.69 Å². The number of aliphatic carboxylic acids is 1. The molecular formula is C25H25N3O8. The van der Waals surface area contributed by atoms with E-state index in [4.69, 9.17) is 19.9 Å². The molecule has 188 valence electrons. The highest BCUT2D eigenvalue weighted by atomic mass is 16.5. The number of hydrogen-bond donors (Lipinski definition) is 2. The summed E-state index contributed by atoms with van der Waals surface area (Å²) < 4.78 is 17.9. The van der Waals surface area contributed by atoms with Gasteiger partial charge in [0, 0.05) is 29.6 Å². The summed E-state index contributed by atoms with van der Waals surface area (Å²) in [6, 6.07) is 7.99. The Morgan fingerprint density at radius 1 is 1.28 bits per heavy atom. The second-order valence-electron chi connectivity index (χ2n) is 8.96. The molecule has 0 unspecified atom stereocenters. The van der Waals surface area contributed by atoms with E-state index in [-0.39, 0.29) is 40.8 Å². The number of carboxylic acids is 1. The van der Waals surface area contributed by atoms with Crippen LogP contribution in [0.25, 0.3) is 0 Å². The quantitative estimate of drug-likeness (QED) is 0.574. The van der Waals surface area contributed by atoms with E-state index in [1.165, 1.54) is 4.57 Å². The Bertz CT molecular complexity index is 1390. The van der Waals surface area contributed by atoms with Gasteiger partial charge in [-0.25, -0.2) is 4.79 Å². The SMILES string of the molecule is COC(=O)C1=C(N)Oc2cc(C)n(C[C@H]3CCCO3)c(=O)c2[C@]12C(=O)N(CC(=O)O)c1ccccc12. The van der Waals surface area contributed by atoms with E-state index in [0.717, 1.165) is 24.9 Å². The summed E-state index contributed by atoms with van der Waals surface area (Å²) in [5, 5.41) is 9.54. The van der Waals surface area contributed by atoms with Crippen molar-refractivity contribution >= 4 is 23.5 Å². The van der Waals surface area contributed by atoms with Gasteiger partial charge in [-0.15, -0.1) is 0 Å². The maximum atomic E-state index is 14.2. The van der Waals surface area contributed by atoms with Gasteiger partial charge in [-0.2, -0.15) is 0 Å². The van der Waals surface area contributed by atoms with Crippen molar-refractivity contribution in [2.45, 2.75) is 37.8 Å². The molecule has 2 aromatic rings. The number of rotatable bonds is 5. The number of nitrogens with two attached hydrogens (primary N) is 1. The molecule has 11 nitrogen and oxygen atoms in total. The van der Waals surface area contributed by atoms with Crippen molar-refractivity contribution in [1.82, 2.24) is 4.57 Å². The fraction of sp³-hybridized carbons (Fsp3) is 0.360. The summed E-state index contributed by atoms with van der Waals surface area (Å²) in [7, 11) is 1.12. The molecule has 1 fully saturated rings. The van der Waals surface area contributed by atoms with Crippen molar-refractivity contribution in [2.75, 3.05) is 25.2 Å². The number of aromatic nitrogens is 1. The summed E-state index contributed by atoms with van der Waals surface area (Å²) in [4.78, 5) is 54.2. The largest absolute Gasteiger partial charge is 0.480 e. The maximum Gasteiger partial charge on any atom is 0.340 e. The number of aryl methyl sites for hydroxylation is 1. The van der Waals surface area contributed by atoms with Crippen LogP contribution in [0.15, 0.2) is 46.6 Å². The number of methoxy groups -OCH3 is 1. The van der Waals surface area contributed by atoms with Gasteiger partial charge in [0.15, 0.2) is 0 Å². The zero-order valence-corrected chi connectivity index (χ0v) is 19.8. The minimum Gasteiger partial charge on any atom is -0.480 e. The third kappa shape index (κ3) is 3.23. The topological polar surface area (TPSA) is 150 Å². The lowest BCUT2D eigenvalue weighted by Gasteiger charge is -2.36. The molecule has 3 aliphatic rings. The van der Waals surface area contributed by atoms with Gasteiger partial charge in [-0.3, -0.25) is 19.3 Å². The van der Waals surface area contributed by atoms with Crippen LogP contribution in [0.2, 0.25) is 0 Å². The summed E-state index contributed by atoms with van der Waals surface area (Å²) in [6.45, 7) is 1.88. The predicted molar refractivity (Wildman–Crippen MR) is 125 cm³/mol. The highest BCUT2D eigenvalue weighted by Crippen LogP contribution is 2.54. The number of esters is 1. The molecule has 2 atom stereocenters. The first kappa shape index (κ1) is 23.6. The van der Waals surface area contributed by atoms with Crippen molar-refractivity contribution < 1.29 is 33.7 Å². The van der Waals surface area contributed by atoms with Crippen LogP contribution in [-0.4, -0.2) is 53.9 Å². The van der Waals surface area contributed by atoms with Crippen molar-refractivity contribution in [3.8, 4) is 5.75 Å². The van der Waals surface area contributed by atoms with Crippen LogP contribution in [-0.2, 0) is 35.8 Å². The molecule has 5 rings (SSSR count). The smallest absolute Gasteiger partial charge is 0.340 e. The van der Waals surface area contributed by atoms with E-state index in [9.17, 15) is 24.3 Å². The van der Waals surface area contributed by atoms with Crippen LogP contribution < -0.4 is 20.9 Å². The predicted octanol–water partition coefficient (Wildman–Crippen LogP) is 0.789. The minimum absolute atomic E-state index is 0.0200. The van der Waals surface area contributed by atoms with Gasteiger partial charge in [0.1, 0.15) is 23.3 Å². The number of benzene rings is 1. The van der Waals surface area contributed by atoms with E-state index < -0.39 is 41.2 Å². The number of amides is 1. The third-order valence-electron chi connectivity index (χ3n) is 6.95. The second-order valence-corrected chi connectivity index (χ2v) is 8.96. The molecule has 1 aromatic heterocycles. The minimum atomic E-state index is -2.06. The summed E-state index contributed by atoms with van der Waals surface area (Å²) >= 11 is 0. The van der Waals surface area contributed by atoms with E-state index in [1.807, 2.05) is 0 Å². The molecule has 3 aliphatic heterocycles. The molecule has 1 saturated heterocycles. The molecule has 0 saturated carbocycles. The lowest BCUT2D eigenvalue weighted by molar-refractivity contribution is -0.138. The average Bonchev–Trinajstić information content (AvgIpc) is 3.43. The zero-order valence-electron chi connectivity index (χ0n) is 19.8. The number of ether oxygens (including phenoxy) is 3. The first-order chi connectivity index (χ1) is 17.2. The van der Waals surface area contributed by atoms with Crippen LogP contribution in [0.3, 0.4) is 0 Å². The number of anilines is 1. The molecule has 0 aliphatic carbocycles. The van der Waals surface area contributed by atoms with E-state index in [2.05, 4.69) is 0 Å². The Morgan fingerprint density at radius 3 is 2.69 bits per heavy atom.